The Morgan fingerprint density at radius 2 is 2.29 bits per heavy atom. The number of nitrogens with zero attached hydrogens (tertiary/aromatic N) is 1. The first-order valence-electron chi connectivity index (χ1n) is 6.78. The third-order valence-electron chi connectivity index (χ3n) is 4.76. The van der Waals surface area contributed by atoms with Crippen molar-refractivity contribution in [2.24, 2.45) is 17.8 Å². The highest BCUT2D eigenvalue weighted by atomic mass is 79.9. The largest absolute Gasteiger partial charge is 0.261 e. The summed E-state index contributed by atoms with van der Waals surface area (Å²) in [6, 6.07) is 4.20. The van der Waals surface area contributed by atoms with Gasteiger partial charge < -0.3 is 0 Å². The van der Waals surface area contributed by atoms with E-state index in [1.807, 2.05) is 12.3 Å². The first-order valence-corrected chi connectivity index (χ1v) is 7.70. The lowest BCUT2D eigenvalue weighted by Gasteiger charge is -2.26. The number of rotatable bonds is 3. The Bertz CT molecular complexity index is 404. The third kappa shape index (κ3) is 2.29. The normalized spacial score (nSPS) is 32.9. The van der Waals surface area contributed by atoms with Gasteiger partial charge in [-0.15, -0.1) is 0 Å². The Balaban J connectivity index is 1.68. The van der Waals surface area contributed by atoms with Crippen molar-refractivity contribution in [3.8, 4) is 0 Å². The van der Waals surface area contributed by atoms with Crippen molar-refractivity contribution in [1.29, 1.82) is 0 Å². The number of halogens is 1. The van der Waals surface area contributed by atoms with Crippen molar-refractivity contribution in [3.63, 3.8) is 0 Å². The molecule has 0 radical (unpaired) electrons. The van der Waals surface area contributed by atoms with Gasteiger partial charge >= 0.3 is 0 Å². The number of aromatic nitrogens is 1. The predicted octanol–water partition coefficient (Wildman–Crippen LogP) is 4.13. The summed E-state index contributed by atoms with van der Waals surface area (Å²) in [4.78, 5) is 5.15. The lowest BCUT2D eigenvalue weighted by molar-refractivity contribution is 0.325. The molecule has 4 unspecified atom stereocenters. The van der Waals surface area contributed by atoms with Gasteiger partial charge in [0.2, 0.25) is 0 Å². The fourth-order valence-corrected chi connectivity index (χ4v) is 4.76. The Morgan fingerprint density at radius 3 is 2.94 bits per heavy atom. The molecule has 1 aromatic rings. The van der Waals surface area contributed by atoms with E-state index in [1.165, 1.54) is 36.9 Å². The van der Waals surface area contributed by atoms with Crippen molar-refractivity contribution < 1.29 is 0 Å². The van der Waals surface area contributed by atoms with Crippen molar-refractivity contribution in [3.05, 3.63) is 29.6 Å². The van der Waals surface area contributed by atoms with E-state index in [0.29, 0.717) is 4.83 Å². The Labute approximate surface area is 112 Å². The minimum Gasteiger partial charge on any atom is -0.261 e. The first-order chi connectivity index (χ1) is 8.24. The highest BCUT2D eigenvalue weighted by molar-refractivity contribution is 9.09. The molecule has 0 amide bonds. The van der Waals surface area contributed by atoms with Gasteiger partial charge in [-0.25, -0.2) is 0 Å². The summed E-state index contributed by atoms with van der Waals surface area (Å²) in [7, 11) is 0. The molecular formula is C15H20BrN. The van der Waals surface area contributed by atoms with Crippen LogP contribution in [0.3, 0.4) is 0 Å². The van der Waals surface area contributed by atoms with E-state index in [0.717, 1.165) is 24.2 Å². The molecule has 0 spiro atoms. The van der Waals surface area contributed by atoms with Gasteiger partial charge in [0, 0.05) is 23.1 Å². The van der Waals surface area contributed by atoms with Crippen LogP contribution in [0.15, 0.2) is 18.3 Å². The average Bonchev–Trinajstić information content (AvgIpc) is 2.94. The lowest BCUT2D eigenvalue weighted by atomic mass is 9.85. The van der Waals surface area contributed by atoms with Crippen LogP contribution in [0.2, 0.25) is 0 Å². The van der Waals surface area contributed by atoms with Crippen LogP contribution in [-0.4, -0.2) is 9.81 Å². The van der Waals surface area contributed by atoms with E-state index < -0.39 is 0 Å². The number of pyridine rings is 1. The SMILES string of the molecule is Cc1cccnc1CC(Br)C1CC2CCC1C2. The van der Waals surface area contributed by atoms with Gasteiger partial charge in [0.25, 0.3) is 0 Å². The molecular weight excluding hydrogens is 274 g/mol. The van der Waals surface area contributed by atoms with E-state index in [2.05, 4.69) is 33.9 Å². The number of hydrogen-bond acceptors (Lipinski definition) is 1. The smallest absolute Gasteiger partial charge is 0.0443 e. The van der Waals surface area contributed by atoms with Crippen LogP contribution in [0, 0.1) is 24.7 Å². The van der Waals surface area contributed by atoms with Gasteiger partial charge in [-0.3, -0.25) is 4.98 Å². The zero-order valence-electron chi connectivity index (χ0n) is 10.4. The summed E-state index contributed by atoms with van der Waals surface area (Å²) in [5, 5.41) is 0. The van der Waals surface area contributed by atoms with Crippen molar-refractivity contribution in [1.82, 2.24) is 4.98 Å². The number of fused-ring (bicyclic) bond motifs is 2. The summed E-state index contributed by atoms with van der Waals surface area (Å²) in [6.07, 6.45) is 8.92. The molecule has 17 heavy (non-hydrogen) atoms. The highest BCUT2D eigenvalue weighted by Crippen LogP contribution is 2.51. The molecule has 0 saturated heterocycles. The fourth-order valence-electron chi connectivity index (χ4n) is 3.81. The van der Waals surface area contributed by atoms with E-state index in [1.54, 1.807) is 0 Å². The maximum absolute atomic E-state index is 4.52. The summed E-state index contributed by atoms with van der Waals surface area (Å²) in [5.41, 5.74) is 2.61. The van der Waals surface area contributed by atoms with E-state index >= 15 is 0 Å². The summed E-state index contributed by atoms with van der Waals surface area (Å²) >= 11 is 3.94. The van der Waals surface area contributed by atoms with Crippen LogP contribution in [0.4, 0.5) is 0 Å². The second-order valence-electron chi connectivity index (χ2n) is 5.83. The van der Waals surface area contributed by atoms with Crippen molar-refractivity contribution >= 4 is 15.9 Å². The number of alkyl halides is 1. The Morgan fingerprint density at radius 1 is 1.41 bits per heavy atom. The fraction of sp³-hybridized carbons (Fsp3) is 0.667. The molecule has 2 saturated carbocycles. The van der Waals surface area contributed by atoms with Gasteiger partial charge in [-0.05, 0) is 55.6 Å². The first kappa shape index (κ1) is 11.7. The monoisotopic (exact) mass is 293 g/mol. The molecule has 3 rings (SSSR count). The summed E-state index contributed by atoms with van der Waals surface area (Å²) in [6.45, 7) is 2.17. The highest BCUT2D eigenvalue weighted by Gasteiger charge is 2.42. The molecule has 0 aromatic carbocycles. The van der Waals surface area contributed by atoms with Crippen LogP contribution < -0.4 is 0 Å². The van der Waals surface area contributed by atoms with Crippen molar-refractivity contribution in [2.75, 3.05) is 0 Å². The van der Waals surface area contributed by atoms with E-state index in [9.17, 15) is 0 Å². The minimum atomic E-state index is 0.631. The van der Waals surface area contributed by atoms with Crippen LogP contribution in [0.25, 0.3) is 0 Å². The number of hydrogen-bond donors (Lipinski definition) is 0. The molecule has 0 N–H and O–H groups in total. The van der Waals surface area contributed by atoms with Crippen LogP contribution in [0.5, 0.6) is 0 Å². The molecule has 1 heterocycles. The molecule has 0 aliphatic heterocycles. The molecule has 2 bridgehead atoms. The Hall–Kier alpha value is -0.370. The molecule has 92 valence electrons. The molecule has 2 fully saturated rings. The van der Waals surface area contributed by atoms with Gasteiger partial charge in [0.15, 0.2) is 0 Å². The quantitative estimate of drug-likeness (QED) is 0.764. The average molecular weight is 294 g/mol. The van der Waals surface area contributed by atoms with Gasteiger partial charge in [0.1, 0.15) is 0 Å². The van der Waals surface area contributed by atoms with Gasteiger partial charge in [0.05, 0.1) is 0 Å². The maximum atomic E-state index is 4.52. The summed E-state index contributed by atoms with van der Waals surface area (Å²) in [5.74, 6) is 2.93. The predicted molar refractivity (Wildman–Crippen MR) is 74.3 cm³/mol. The van der Waals surface area contributed by atoms with Gasteiger partial charge in [-0.1, -0.05) is 28.4 Å². The Kier molecular flexibility index (Phi) is 3.25. The van der Waals surface area contributed by atoms with Crippen LogP contribution >= 0.6 is 15.9 Å². The minimum absolute atomic E-state index is 0.631. The molecule has 2 aliphatic carbocycles. The molecule has 2 aliphatic rings. The third-order valence-corrected chi connectivity index (χ3v) is 5.77. The summed E-state index contributed by atoms with van der Waals surface area (Å²) < 4.78 is 0. The van der Waals surface area contributed by atoms with Gasteiger partial charge in [-0.2, -0.15) is 0 Å². The van der Waals surface area contributed by atoms with E-state index in [-0.39, 0.29) is 0 Å². The maximum Gasteiger partial charge on any atom is 0.0443 e. The molecule has 4 atom stereocenters. The standard InChI is InChI=1S/C15H20BrN/c1-10-3-2-6-17-15(10)9-14(16)13-8-11-4-5-12(13)7-11/h2-3,6,11-14H,4-5,7-9H2,1H3. The number of aryl methyl sites for hydroxylation is 1. The molecule has 2 heteroatoms. The zero-order chi connectivity index (χ0) is 11.8. The molecule has 1 nitrogen and oxygen atoms in total. The van der Waals surface area contributed by atoms with Crippen LogP contribution in [0.1, 0.15) is 36.9 Å². The molecule has 1 aromatic heterocycles. The zero-order valence-corrected chi connectivity index (χ0v) is 12.0. The van der Waals surface area contributed by atoms with E-state index in [4.69, 9.17) is 0 Å². The topological polar surface area (TPSA) is 12.9 Å². The lowest BCUT2D eigenvalue weighted by Crippen LogP contribution is -2.23. The van der Waals surface area contributed by atoms with Crippen molar-refractivity contribution in [2.45, 2.75) is 43.9 Å². The van der Waals surface area contributed by atoms with Crippen LogP contribution in [-0.2, 0) is 6.42 Å². The second kappa shape index (κ2) is 4.72. The second-order valence-corrected chi connectivity index (χ2v) is 7.00.